The first kappa shape index (κ1) is 10.7. The number of aromatic amines is 1. The molecule has 0 aromatic carbocycles. The van der Waals surface area contributed by atoms with Crippen molar-refractivity contribution in [2.75, 3.05) is 7.11 Å². The van der Waals surface area contributed by atoms with Gasteiger partial charge >= 0.3 is 6.18 Å². The van der Waals surface area contributed by atoms with Crippen LogP contribution < -0.4 is 4.74 Å². The van der Waals surface area contributed by atoms with Gasteiger partial charge in [-0.2, -0.15) is 18.2 Å². The molecule has 0 saturated heterocycles. The second-order valence-corrected chi connectivity index (χ2v) is 3.20. The highest BCUT2D eigenvalue weighted by Crippen LogP contribution is 2.21. The summed E-state index contributed by atoms with van der Waals surface area (Å²) in [5, 5.41) is 0. The highest BCUT2D eigenvalue weighted by Gasteiger charge is 2.29. The standard InChI is InChI=1S/C9H8F3N3O/c1-16-7-3-2-5-8(15-7)14-6(13-5)4-9(10,11)12/h2-3H,4H2,1H3,(H,13,14,15). The van der Waals surface area contributed by atoms with E-state index in [1.807, 2.05) is 0 Å². The molecule has 2 rings (SSSR count). The quantitative estimate of drug-likeness (QED) is 0.860. The molecule has 0 aliphatic heterocycles. The normalized spacial score (nSPS) is 12.0. The molecule has 4 nitrogen and oxygen atoms in total. The smallest absolute Gasteiger partial charge is 0.396 e. The number of aromatic nitrogens is 3. The number of ether oxygens (including phenoxy) is 1. The Labute approximate surface area is 88.5 Å². The Bertz CT molecular complexity index is 506. The van der Waals surface area contributed by atoms with E-state index in [4.69, 9.17) is 4.74 Å². The monoisotopic (exact) mass is 231 g/mol. The van der Waals surface area contributed by atoms with Crippen molar-refractivity contribution in [1.29, 1.82) is 0 Å². The molecule has 16 heavy (non-hydrogen) atoms. The SMILES string of the molecule is COc1ccc2[nH]c(CC(F)(F)F)nc2n1. The van der Waals surface area contributed by atoms with Gasteiger partial charge in [-0.25, -0.2) is 4.98 Å². The van der Waals surface area contributed by atoms with Gasteiger partial charge in [0.2, 0.25) is 5.88 Å². The summed E-state index contributed by atoms with van der Waals surface area (Å²) in [7, 11) is 1.43. The second kappa shape index (κ2) is 3.66. The lowest BCUT2D eigenvalue weighted by Gasteiger charge is -2.01. The van der Waals surface area contributed by atoms with Crippen LogP contribution in [0.25, 0.3) is 11.2 Å². The Kier molecular flexibility index (Phi) is 2.45. The van der Waals surface area contributed by atoms with Gasteiger partial charge in [0.25, 0.3) is 0 Å². The topological polar surface area (TPSA) is 50.8 Å². The summed E-state index contributed by atoms with van der Waals surface area (Å²) in [6.07, 6.45) is -5.37. The molecule has 0 aliphatic rings. The Hall–Kier alpha value is -1.79. The fraction of sp³-hybridized carbons (Fsp3) is 0.333. The zero-order valence-electron chi connectivity index (χ0n) is 8.30. The molecule has 0 aliphatic carbocycles. The van der Waals surface area contributed by atoms with E-state index in [1.54, 1.807) is 12.1 Å². The zero-order valence-corrected chi connectivity index (χ0v) is 8.30. The van der Waals surface area contributed by atoms with Gasteiger partial charge in [0, 0.05) is 6.07 Å². The number of nitrogens with zero attached hydrogens (tertiary/aromatic N) is 2. The maximum absolute atomic E-state index is 12.1. The summed E-state index contributed by atoms with van der Waals surface area (Å²) in [5.41, 5.74) is 0.679. The molecule has 86 valence electrons. The fourth-order valence-electron chi connectivity index (χ4n) is 1.31. The number of hydrogen-bond donors (Lipinski definition) is 1. The van der Waals surface area contributed by atoms with Crippen LogP contribution in [0.1, 0.15) is 5.82 Å². The number of rotatable bonds is 2. The molecular formula is C9H8F3N3O. The predicted octanol–water partition coefficient (Wildman–Crippen LogP) is 2.07. The summed E-state index contributed by atoms with van der Waals surface area (Å²) < 4.78 is 41.2. The summed E-state index contributed by atoms with van der Waals surface area (Å²) in [6.45, 7) is 0. The maximum atomic E-state index is 12.1. The van der Waals surface area contributed by atoms with E-state index in [9.17, 15) is 13.2 Å². The van der Waals surface area contributed by atoms with E-state index in [1.165, 1.54) is 7.11 Å². The Morgan fingerprint density at radius 1 is 1.31 bits per heavy atom. The molecule has 0 bridgehead atoms. The van der Waals surface area contributed by atoms with E-state index in [-0.39, 0.29) is 11.5 Å². The van der Waals surface area contributed by atoms with Crippen molar-refractivity contribution in [2.45, 2.75) is 12.6 Å². The number of halogens is 3. The number of H-pyrrole nitrogens is 1. The number of alkyl halides is 3. The number of nitrogens with one attached hydrogen (secondary N) is 1. The van der Waals surface area contributed by atoms with Crippen LogP contribution in [-0.4, -0.2) is 28.2 Å². The number of pyridine rings is 1. The highest BCUT2D eigenvalue weighted by molar-refractivity contribution is 5.71. The molecule has 0 atom stereocenters. The van der Waals surface area contributed by atoms with Crippen molar-refractivity contribution >= 4 is 11.2 Å². The van der Waals surface area contributed by atoms with E-state index < -0.39 is 12.6 Å². The summed E-state index contributed by atoms with van der Waals surface area (Å²) in [6, 6.07) is 3.13. The van der Waals surface area contributed by atoms with Crippen LogP contribution in [0, 0.1) is 0 Å². The van der Waals surface area contributed by atoms with Crippen molar-refractivity contribution in [3.63, 3.8) is 0 Å². The number of imidazole rings is 1. The van der Waals surface area contributed by atoms with Gasteiger partial charge in [0.15, 0.2) is 5.65 Å². The molecule has 0 fully saturated rings. The minimum atomic E-state index is -4.28. The number of fused-ring (bicyclic) bond motifs is 1. The molecule has 0 saturated carbocycles. The summed E-state index contributed by atoms with van der Waals surface area (Å²) >= 11 is 0. The van der Waals surface area contributed by atoms with Crippen LogP contribution in [0.15, 0.2) is 12.1 Å². The molecule has 2 heterocycles. The van der Waals surface area contributed by atoms with Crippen LogP contribution in [0.4, 0.5) is 13.2 Å². The van der Waals surface area contributed by atoms with E-state index in [2.05, 4.69) is 15.0 Å². The van der Waals surface area contributed by atoms with Gasteiger partial charge in [0.05, 0.1) is 12.6 Å². The molecule has 2 aromatic heterocycles. The third kappa shape index (κ3) is 2.23. The molecule has 1 N–H and O–H groups in total. The van der Waals surface area contributed by atoms with Crippen molar-refractivity contribution in [3.8, 4) is 5.88 Å². The minimum Gasteiger partial charge on any atom is -0.481 e. The lowest BCUT2D eigenvalue weighted by Crippen LogP contribution is -2.12. The summed E-state index contributed by atoms with van der Waals surface area (Å²) in [5.74, 6) is 0.167. The molecule has 0 unspecified atom stereocenters. The van der Waals surface area contributed by atoms with Crippen LogP contribution in [0.3, 0.4) is 0 Å². The van der Waals surface area contributed by atoms with Crippen LogP contribution in [0.2, 0.25) is 0 Å². The molecule has 0 amide bonds. The number of methoxy groups -OCH3 is 1. The second-order valence-electron chi connectivity index (χ2n) is 3.20. The first-order chi connectivity index (χ1) is 7.48. The lowest BCUT2D eigenvalue weighted by molar-refractivity contribution is -0.128. The molecular weight excluding hydrogens is 223 g/mol. The van der Waals surface area contributed by atoms with Crippen molar-refractivity contribution in [1.82, 2.24) is 15.0 Å². The van der Waals surface area contributed by atoms with Gasteiger partial charge in [0.1, 0.15) is 12.2 Å². The predicted molar refractivity (Wildman–Crippen MR) is 50.2 cm³/mol. The largest absolute Gasteiger partial charge is 0.481 e. The maximum Gasteiger partial charge on any atom is 0.396 e. The average molecular weight is 231 g/mol. The first-order valence-corrected chi connectivity index (χ1v) is 4.44. The van der Waals surface area contributed by atoms with Crippen LogP contribution >= 0.6 is 0 Å². The van der Waals surface area contributed by atoms with Crippen LogP contribution in [0.5, 0.6) is 5.88 Å². The van der Waals surface area contributed by atoms with Crippen molar-refractivity contribution < 1.29 is 17.9 Å². The Balaban J connectivity index is 2.36. The van der Waals surface area contributed by atoms with Gasteiger partial charge < -0.3 is 9.72 Å². The fourth-order valence-corrected chi connectivity index (χ4v) is 1.31. The zero-order chi connectivity index (χ0) is 11.8. The van der Waals surface area contributed by atoms with E-state index in [0.717, 1.165) is 0 Å². The number of hydrogen-bond acceptors (Lipinski definition) is 3. The minimum absolute atomic E-state index is 0.150. The van der Waals surface area contributed by atoms with E-state index >= 15 is 0 Å². The third-order valence-electron chi connectivity index (χ3n) is 1.95. The van der Waals surface area contributed by atoms with Gasteiger partial charge in [-0.05, 0) is 6.07 Å². The van der Waals surface area contributed by atoms with Crippen LogP contribution in [-0.2, 0) is 6.42 Å². The summed E-state index contributed by atoms with van der Waals surface area (Å²) in [4.78, 5) is 10.2. The van der Waals surface area contributed by atoms with Crippen molar-refractivity contribution in [2.24, 2.45) is 0 Å². The lowest BCUT2D eigenvalue weighted by atomic mass is 10.4. The van der Waals surface area contributed by atoms with Gasteiger partial charge in [-0.3, -0.25) is 0 Å². The Morgan fingerprint density at radius 2 is 2.06 bits per heavy atom. The van der Waals surface area contributed by atoms with Gasteiger partial charge in [-0.15, -0.1) is 0 Å². The Morgan fingerprint density at radius 3 is 2.69 bits per heavy atom. The van der Waals surface area contributed by atoms with Crippen molar-refractivity contribution in [3.05, 3.63) is 18.0 Å². The average Bonchev–Trinajstić information content (AvgIpc) is 2.55. The molecule has 2 aromatic rings. The third-order valence-corrected chi connectivity index (χ3v) is 1.95. The molecule has 0 radical (unpaired) electrons. The molecule has 0 spiro atoms. The van der Waals surface area contributed by atoms with Gasteiger partial charge in [-0.1, -0.05) is 0 Å². The van der Waals surface area contributed by atoms with E-state index in [0.29, 0.717) is 11.4 Å². The first-order valence-electron chi connectivity index (χ1n) is 4.44. The highest BCUT2D eigenvalue weighted by atomic mass is 19.4. The molecule has 7 heteroatoms.